The molecule has 0 saturated carbocycles. The van der Waals surface area contributed by atoms with Crippen LogP contribution in [0.5, 0.6) is 5.75 Å². The number of aromatic hydroxyl groups is 1. The fourth-order valence-corrected chi connectivity index (χ4v) is 2.76. The molecule has 0 radical (unpaired) electrons. The molecule has 1 aliphatic heterocycles. The number of furan rings is 1. The number of hydrogen-bond donors (Lipinski definition) is 1. The Morgan fingerprint density at radius 2 is 2.23 bits per heavy atom. The maximum Gasteiger partial charge on any atom is 0.273 e. The number of nitrogens with zero attached hydrogens (tertiary/aromatic N) is 2. The minimum absolute atomic E-state index is 0.0593. The van der Waals surface area contributed by atoms with Crippen LogP contribution >= 0.6 is 0 Å². The molecule has 0 aliphatic carbocycles. The lowest BCUT2D eigenvalue weighted by Crippen LogP contribution is -2.30. The average molecular weight is 302 g/mol. The van der Waals surface area contributed by atoms with Gasteiger partial charge >= 0.3 is 0 Å². The van der Waals surface area contributed by atoms with Crippen molar-refractivity contribution >= 4 is 11.6 Å². The lowest BCUT2D eigenvalue weighted by molar-refractivity contribution is -0.384. The Balaban J connectivity index is 1.89. The van der Waals surface area contributed by atoms with E-state index in [0.29, 0.717) is 12.3 Å². The molecule has 1 aromatic carbocycles. The van der Waals surface area contributed by atoms with E-state index < -0.39 is 4.92 Å². The molecule has 7 heteroatoms. The zero-order valence-corrected chi connectivity index (χ0v) is 11.6. The first-order chi connectivity index (χ1) is 10.6. The van der Waals surface area contributed by atoms with E-state index in [9.17, 15) is 20.0 Å². The van der Waals surface area contributed by atoms with Gasteiger partial charge in [0.25, 0.3) is 11.6 Å². The normalized spacial score (nSPS) is 17.6. The second kappa shape index (κ2) is 5.51. The van der Waals surface area contributed by atoms with Crippen molar-refractivity contribution in [3.8, 4) is 5.75 Å². The molecule has 1 N–H and O–H groups in total. The van der Waals surface area contributed by atoms with Crippen LogP contribution in [0.2, 0.25) is 0 Å². The molecule has 114 valence electrons. The highest BCUT2D eigenvalue weighted by Gasteiger charge is 2.33. The number of rotatable bonds is 3. The van der Waals surface area contributed by atoms with Crippen LogP contribution in [0.3, 0.4) is 0 Å². The molecule has 22 heavy (non-hydrogen) atoms. The molecule has 1 amide bonds. The van der Waals surface area contributed by atoms with Gasteiger partial charge in [-0.15, -0.1) is 0 Å². The third-order valence-electron chi connectivity index (χ3n) is 3.81. The zero-order chi connectivity index (χ0) is 15.7. The lowest BCUT2D eigenvalue weighted by Gasteiger charge is -2.23. The van der Waals surface area contributed by atoms with Gasteiger partial charge in [0.2, 0.25) is 0 Å². The molecule has 1 atom stereocenters. The molecule has 1 unspecified atom stereocenters. The number of nitro groups is 1. The van der Waals surface area contributed by atoms with Gasteiger partial charge in [0, 0.05) is 12.6 Å². The standard InChI is InChI=1S/C15H14N2O5/c18-13-9-10(17(20)21)5-6-11(13)15(19)16-7-1-3-12(16)14-4-2-8-22-14/h2,4-6,8-9,12,18H,1,3,7H2. The van der Waals surface area contributed by atoms with Crippen LogP contribution in [0, 0.1) is 10.1 Å². The first-order valence-electron chi connectivity index (χ1n) is 6.89. The fraction of sp³-hybridized carbons (Fsp3) is 0.267. The van der Waals surface area contributed by atoms with Gasteiger partial charge < -0.3 is 14.4 Å². The second-order valence-corrected chi connectivity index (χ2v) is 5.13. The lowest BCUT2D eigenvalue weighted by atomic mass is 10.1. The van der Waals surface area contributed by atoms with Crippen LogP contribution in [0.4, 0.5) is 5.69 Å². The number of amides is 1. The van der Waals surface area contributed by atoms with E-state index in [-0.39, 0.29) is 28.9 Å². The van der Waals surface area contributed by atoms with E-state index in [4.69, 9.17) is 4.42 Å². The Morgan fingerprint density at radius 1 is 1.41 bits per heavy atom. The van der Waals surface area contributed by atoms with Crippen molar-refractivity contribution in [3.63, 3.8) is 0 Å². The van der Waals surface area contributed by atoms with E-state index in [1.165, 1.54) is 12.1 Å². The minimum Gasteiger partial charge on any atom is -0.507 e. The molecule has 0 bridgehead atoms. The quantitative estimate of drug-likeness (QED) is 0.694. The van der Waals surface area contributed by atoms with Crippen molar-refractivity contribution in [1.29, 1.82) is 0 Å². The number of carbonyl (C=O) groups excluding carboxylic acids is 1. The number of phenols is 1. The molecule has 1 fully saturated rings. The van der Waals surface area contributed by atoms with Gasteiger partial charge in [-0.2, -0.15) is 0 Å². The third-order valence-corrected chi connectivity index (χ3v) is 3.81. The van der Waals surface area contributed by atoms with Crippen LogP contribution in [0.15, 0.2) is 41.0 Å². The number of likely N-dealkylation sites (tertiary alicyclic amines) is 1. The summed E-state index contributed by atoms with van der Waals surface area (Å²) in [4.78, 5) is 24.3. The van der Waals surface area contributed by atoms with Crippen molar-refractivity contribution in [2.45, 2.75) is 18.9 Å². The van der Waals surface area contributed by atoms with Crippen molar-refractivity contribution in [2.24, 2.45) is 0 Å². The summed E-state index contributed by atoms with van der Waals surface area (Å²) in [6, 6.07) is 6.90. The Kier molecular flexibility index (Phi) is 3.54. The monoisotopic (exact) mass is 302 g/mol. The topological polar surface area (TPSA) is 96.8 Å². The predicted octanol–water partition coefficient (Wildman–Crippen LogP) is 2.87. The summed E-state index contributed by atoms with van der Waals surface area (Å²) < 4.78 is 5.37. The minimum atomic E-state index is -0.616. The number of nitro benzene ring substituents is 1. The van der Waals surface area contributed by atoms with E-state index in [0.717, 1.165) is 18.9 Å². The maximum absolute atomic E-state index is 12.6. The van der Waals surface area contributed by atoms with Crippen molar-refractivity contribution < 1.29 is 19.2 Å². The highest BCUT2D eigenvalue weighted by atomic mass is 16.6. The molecule has 3 rings (SSSR count). The molecule has 1 aliphatic rings. The summed E-state index contributed by atoms with van der Waals surface area (Å²) >= 11 is 0. The van der Waals surface area contributed by atoms with Crippen LogP contribution < -0.4 is 0 Å². The van der Waals surface area contributed by atoms with Crippen LogP contribution in [0.1, 0.15) is 35.0 Å². The van der Waals surface area contributed by atoms with Crippen LogP contribution in [0.25, 0.3) is 0 Å². The van der Waals surface area contributed by atoms with Crippen molar-refractivity contribution in [1.82, 2.24) is 4.90 Å². The Bertz CT molecular complexity index is 711. The maximum atomic E-state index is 12.6. The zero-order valence-electron chi connectivity index (χ0n) is 11.6. The van der Waals surface area contributed by atoms with Gasteiger partial charge in [-0.3, -0.25) is 14.9 Å². The molecule has 0 spiro atoms. The smallest absolute Gasteiger partial charge is 0.273 e. The average Bonchev–Trinajstić information content (AvgIpc) is 3.16. The van der Waals surface area contributed by atoms with Crippen LogP contribution in [-0.4, -0.2) is 27.4 Å². The molecule has 1 aromatic heterocycles. The van der Waals surface area contributed by atoms with E-state index in [2.05, 4.69) is 0 Å². The summed E-state index contributed by atoms with van der Waals surface area (Å²) in [5.74, 6) is -0.0390. The summed E-state index contributed by atoms with van der Waals surface area (Å²) in [6.45, 7) is 0.556. The second-order valence-electron chi connectivity index (χ2n) is 5.13. The van der Waals surface area contributed by atoms with Gasteiger partial charge in [-0.1, -0.05) is 0 Å². The Labute approximate surface area is 125 Å². The highest BCUT2D eigenvalue weighted by Crippen LogP contribution is 2.35. The molecular formula is C15H14N2O5. The summed E-state index contributed by atoms with van der Waals surface area (Å²) in [6.07, 6.45) is 3.18. The molecule has 2 aromatic rings. The molecule has 2 heterocycles. The molecule has 1 saturated heterocycles. The number of phenolic OH excluding ortho intramolecular Hbond substituents is 1. The number of hydrogen-bond acceptors (Lipinski definition) is 5. The molecular weight excluding hydrogens is 288 g/mol. The van der Waals surface area contributed by atoms with Gasteiger partial charge in [-0.25, -0.2) is 0 Å². The summed E-state index contributed by atoms with van der Waals surface area (Å²) in [5.41, 5.74) is -0.192. The van der Waals surface area contributed by atoms with Gasteiger partial charge in [0.15, 0.2) is 0 Å². The number of benzene rings is 1. The van der Waals surface area contributed by atoms with E-state index in [1.807, 2.05) is 6.07 Å². The van der Waals surface area contributed by atoms with E-state index >= 15 is 0 Å². The van der Waals surface area contributed by atoms with Crippen molar-refractivity contribution in [2.75, 3.05) is 6.54 Å². The fourth-order valence-electron chi connectivity index (χ4n) is 2.76. The number of non-ortho nitro benzene ring substituents is 1. The third kappa shape index (κ3) is 2.41. The number of carbonyl (C=O) groups is 1. The Hall–Kier alpha value is -2.83. The van der Waals surface area contributed by atoms with Gasteiger partial charge in [0.1, 0.15) is 11.5 Å². The summed E-state index contributed by atoms with van der Waals surface area (Å²) in [7, 11) is 0. The Morgan fingerprint density at radius 3 is 2.86 bits per heavy atom. The van der Waals surface area contributed by atoms with Gasteiger partial charge in [-0.05, 0) is 31.0 Å². The first-order valence-corrected chi connectivity index (χ1v) is 6.89. The van der Waals surface area contributed by atoms with Crippen molar-refractivity contribution in [3.05, 3.63) is 58.0 Å². The first kappa shape index (κ1) is 14.1. The van der Waals surface area contributed by atoms with Crippen LogP contribution in [-0.2, 0) is 0 Å². The van der Waals surface area contributed by atoms with Gasteiger partial charge in [0.05, 0.1) is 28.9 Å². The largest absolute Gasteiger partial charge is 0.507 e. The highest BCUT2D eigenvalue weighted by molar-refractivity contribution is 5.97. The van der Waals surface area contributed by atoms with E-state index in [1.54, 1.807) is 17.2 Å². The molecule has 7 nitrogen and oxygen atoms in total. The SMILES string of the molecule is O=C(c1ccc([N+](=O)[O-])cc1O)N1CCCC1c1ccco1. The summed E-state index contributed by atoms with van der Waals surface area (Å²) in [5, 5.41) is 20.6. The predicted molar refractivity (Wildman–Crippen MR) is 76.5 cm³/mol.